The number of hydrogen-bond donors (Lipinski definition) is 5. The van der Waals surface area contributed by atoms with E-state index in [4.69, 9.17) is 26.6 Å². The summed E-state index contributed by atoms with van der Waals surface area (Å²) in [6, 6.07) is 21.7. The number of aromatic amines is 1. The lowest BCUT2D eigenvalue weighted by atomic mass is 10.0. The fourth-order valence-electron chi connectivity index (χ4n) is 3.59. The van der Waals surface area contributed by atoms with Crippen LogP contribution in [0.2, 0.25) is 0 Å². The topological polar surface area (TPSA) is 143 Å². The molecule has 0 spiro atoms. The van der Waals surface area contributed by atoms with Gasteiger partial charge >= 0.3 is 0 Å². The summed E-state index contributed by atoms with van der Waals surface area (Å²) in [5.74, 6) is 0.864. The van der Waals surface area contributed by atoms with Crippen molar-refractivity contribution in [2.75, 3.05) is 12.4 Å². The van der Waals surface area contributed by atoms with Crippen molar-refractivity contribution >= 4 is 17.4 Å². The first kappa shape index (κ1) is 21.6. The third kappa shape index (κ3) is 4.69. The van der Waals surface area contributed by atoms with Crippen LogP contribution >= 0.6 is 0 Å². The number of hydrogen-bond acceptors (Lipinski definition) is 5. The highest BCUT2D eigenvalue weighted by atomic mass is 16.5. The number of nitrogens with zero attached hydrogens (tertiary/aromatic N) is 1. The Balaban J connectivity index is 1.74. The van der Waals surface area contributed by atoms with Crippen LogP contribution in [0.5, 0.6) is 5.75 Å². The first-order chi connectivity index (χ1) is 16.0. The van der Waals surface area contributed by atoms with Crippen molar-refractivity contribution < 1.29 is 9.53 Å². The van der Waals surface area contributed by atoms with Crippen LogP contribution < -0.4 is 21.5 Å². The Morgan fingerprint density at radius 3 is 2.52 bits per heavy atom. The first-order valence-electron chi connectivity index (χ1n) is 10.3. The molecule has 7 N–H and O–H groups in total. The van der Waals surface area contributed by atoms with Gasteiger partial charge in [0.1, 0.15) is 23.5 Å². The molecule has 166 valence electrons. The Kier molecular flexibility index (Phi) is 6.08. The summed E-state index contributed by atoms with van der Waals surface area (Å²) in [7, 11) is 1.62. The number of amides is 1. The molecule has 0 saturated carbocycles. The fourth-order valence-corrected chi connectivity index (χ4v) is 3.59. The number of ether oxygens (including phenoxy) is 1. The minimum Gasteiger partial charge on any atom is -0.497 e. The highest BCUT2D eigenvalue weighted by Gasteiger charge is 2.20. The molecule has 0 aliphatic carbocycles. The molecule has 4 aromatic rings. The quantitative estimate of drug-likeness (QED) is 0.210. The highest BCUT2D eigenvalue weighted by molar-refractivity contribution is 5.99. The third-order valence-corrected chi connectivity index (χ3v) is 5.27. The van der Waals surface area contributed by atoms with E-state index in [2.05, 4.69) is 10.3 Å². The number of carbonyl (C=O) groups excluding carboxylic acids is 1. The summed E-state index contributed by atoms with van der Waals surface area (Å²) < 4.78 is 5.40. The van der Waals surface area contributed by atoms with E-state index in [1.165, 1.54) is 0 Å². The number of nitrogens with one attached hydrogen (secondary N) is 3. The molecule has 0 saturated heterocycles. The molecule has 0 bridgehead atoms. The lowest BCUT2D eigenvalue weighted by Crippen LogP contribution is -2.15. The number of imidazole rings is 1. The summed E-state index contributed by atoms with van der Waals surface area (Å²) in [5.41, 5.74) is 15.2. The zero-order valence-electron chi connectivity index (χ0n) is 18.0. The number of nitrogens with two attached hydrogens (primary N) is 2. The van der Waals surface area contributed by atoms with Gasteiger partial charge in [0.15, 0.2) is 0 Å². The molecule has 3 aromatic carbocycles. The van der Waals surface area contributed by atoms with Crippen LogP contribution in [-0.2, 0) is 0 Å². The average molecular weight is 441 g/mol. The lowest BCUT2D eigenvalue weighted by Gasteiger charge is -2.19. The number of H-pyrrole nitrogens is 1. The van der Waals surface area contributed by atoms with E-state index in [0.717, 1.165) is 17.0 Å². The third-order valence-electron chi connectivity index (χ3n) is 5.27. The van der Waals surface area contributed by atoms with Gasteiger partial charge in [0.2, 0.25) is 5.91 Å². The second-order valence-electron chi connectivity index (χ2n) is 7.43. The number of primary amides is 1. The molecule has 1 aromatic heterocycles. The number of methoxy groups -OCH3 is 1. The first-order valence-corrected chi connectivity index (χ1v) is 10.3. The van der Waals surface area contributed by atoms with Crippen LogP contribution in [0.25, 0.3) is 11.3 Å². The molecule has 0 fully saturated rings. The Morgan fingerprint density at radius 1 is 1.06 bits per heavy atom. The number of carbonyl (C=O) groups is 1. The highest BCUT2D eigenvalue weighted by Crippen LogP contribution is 2.30. The van der Waals surface area contributed by atoms with Crippen molar-refractivity contribution in [3.05, 3.63) is 102 Å². The number of benzene rings is 3. The van der Waals surface area contributed by atoms with Gasteiger partial charge in [-0.2, -0.15) is 0 Å². The molecule has 0 aliphatic rings. The van der Waals surface area contributed by atoms with Crippen molar-refractivity contribution in [3.8, 4) is 17.0 Å². The Labute approximate surface area is 191 Å². The molecule has 1 atom stereocenters. The maximum atomic E-state index is 11.9. The Hall–Kier alpha value is -4.59. The minimum atomic E-state index is -0.511. The van der Waals surface area contributed by atoms with E-state index >= 15 is 0 Å². The Morgan fingerprint density at radius 2 is 1.82 bits per heavy atom. The molecule has 1 unspecified atom stereocenters. The van der Waals surface area contributed by atoms with Crippen LogP contribution in [0.15, 0.2) is 79.0 Å². The summed E-state index contributed by atoms with van der Waals surface area (Å²) in [6.07, 6.45) is 1.75. The van der Waals surface area contributed by atoms with E-state index < -0.39 is 5.91 Å². The van der Waals surface area contributed by atoms with Gasteiger partial charge in [-0.1, -0.05) is 30.3 Å². The van der Waals surface area contributed by atoms with Crippen LogP contribution in [0.4, 0.5) is 5.69 Å². The standard InChI is InChI=1S/C25H24N6O2/c1-33-18-6-4-5-16(13-18)22(30-17-11-9-15(10-12-17)23(26)27)25-29-14-21(31-25)19-7-2-3-8-20(19)24(28)32/h2-14,22,30H,1H3,(H3,26,27)(H2,28,32)(H,29,31). The molecular weight excluding hydrogens is 416 g/mol. The fraction of sp³-hybridized carbons (Fsp3) is 0.0800. The van der Waals surface area contributed by atoms with Crippen LogP contribution in [0.1, 0.15) is 33.4 Å². The second-order valence-corrected chi connectivity index (χ2v) is 7.43. The van der Waals surface area contributed by atoms with Gasteiger partial charge < -0.3 is 26.5 Å². The summed E-state index contributed by atoms with van der Waals surface area (Å²) in [5, 5.41) is 11.1. The maximum absolute atomic E-state index is 11.9. The summed E-state index contributed by atoms with van der Waals surface area (Å²) >= 11 is 0. The van der Waals surface area contributed by atoms with E-state index in [-0.39, 0.29) is 11.9 Å². The molecule has 8 heteroatoms. The van der Waals surface area contributed by atoms with Crippen LogP contribution in [0, 0.1) is 5.41 Å². The SMILES string of the molecule is COc1cccc(C(Nc2ccc(C(=N)N)cc2)c2nc(-c3ccccc3C(N)=O)c[nH]2)c1. The zero-order chi connectivity index (χ0) is 23.4. The largest absolute Gasteiger partial charge is 0.497 e. The van der Waals surface area contributed by atoms with Crippen molar-refractivity contribution in [1.29, 1.82) is 5.41 Å². The van der Waals surface area contributed by atoms with E-state index in [1.807, 2.05) is 48.5 Å². The molecule has 33 heavy (non-hydrogen) atoms. The van der Waals surface area contributed by atoms with Crippen molar-refractivity contribution in [3.63, 3.8) is 0 Å². The maximum Gasteiger partial charge on any atom is 0.249 e. The number of amidine groups is 1. The number of anilines is 1. The second kappa shape index (κ2) is 9.27. The van der Waals surface area contributed by atoms with E-state index in [0.29, 0.717) is 28.2 Å². The molecule has 1 amide bonds. The molecule has 1 heterocycles. The minimum absolute atomic E-state index is 0.00897. The lowest BCUT2D eigenvalue weighted by molar-refractivity contribution is 0.100. The summed E-state index contributed by atoms with van der Waals surface area (Å²) in [4.78, 5) is 19.9. The van der Waals surface area contributed by atoms with Crippen molar-refractivity contribution in [2.45, 2.75) is 6.04 Å². The number of rotatable bonds is 8. The van der Waals surface area contributed by atoms with Gasteiger partial charge in [-0.25, -0.2) is 4.98 Å². The van der Waals surface area contributed by atoms with Gasteiger partial charge in [-0.05, 0) is 48.0 Å². The van der Waals surface area contributed by atoms with Crippen LogP contribution in [0.3, 0.4) is 0 Å². The van der Waals surface area contributed by atoms with E-state index in [9.17, 15) is 4.79 Å². The van der Waals surface area contributed by atoms with Gasteiger partial charge in [0.25, 0.3) is 0 Å². The molecule has 8 nitrogen and oxygen atoms in total. The molecule has 4 rings (SSSR count). The van der Waals surface area contributed by atoms with Gasteiger partial charge in [-0.15, -0.1) is 0 Å². The molecular formula is C25H24N6O2. The smallest absolute Gasteiger partial charge is 0.249 e. The van der Waals surface area contributed by atoms with Crippen molar-refractivity contribution in [1.82, 2.24) is 9.97 Å². The molecule has 0 aliphatic heterocycles. The zero-order valence-corrected chi connectivity index (χ0v) is 18.0. The summed E-state index contributed by atoms with van der Waals surface area (Å²) in [6.45, 7) is 0. The predicted molar refractivity (Wildman–Crippen MR) is 128 cm³/mol. The average Bonchev–Trinajstić information content (AvgIpc) is 3.32. The van der Waals surface area contributed by atoms with Gasteiger partial charge in [-0.3, -0.25) is 10.2 Å². The van der Waals surface area contributed by atoms with Gasteiger partial charge in [0.05, 0.1) is 12.8 Å². The number of aromatic nitrogens is 2. The molecule has 0 radical (unpaired) electrons. The predicted octanol–water partition coefficient (Wildman–Crippen LogP) is 3.67. The van der Waals surface area contributed by atoms with E-state index in [1.54, 1.807) is 37.6 Å². The van der Waals surface area contributed by atoms with Gasteiger partial charge in [0, 0.05) is 28.6 Å². The monoisotopic (exact) mass is 440 g/mol. The number of nitrogen functional groups attached to an aromatic ring is 1. The Bertz CT molecular complexity index is 1300. The van der Waals surface area contributed by atoms with Crippen LogP contribution in [-0.4, -0.2) is 28.8 Å². The normalized spacial score (nSPS) is 11.5. The van der Waals surface area contributed by atoms with Crippen molar-refractivity contribution in [2.24, 2.45) is 11.5 Å².